The lowest BCUT2D eigenvalue weighted by Crippen LogP contribution is -2.00. The van der Waals surface area contributed by atoms with Crippen molar-refractivity contribution >= 4 is 64.9 Å². The Morgan fingerprint density at radius 1 is 1.00 bits per heavy atom. The van der Waals surface area contributed by atoms with E-state index in [2.05, 4.69) is 47.8 Å². The second-order valence-corrected chi connectivity index (χ2v) is 8.06. The highest BCUT2D eigenvalue weighted by Crippen LogP contribution is 2.32. The Morgan fingerprint density at radius 3 is 2.22 bits per heavy atom. The molecule has 1 nitrogen and oxygen atoms in total. The average molecular weight is 453 g/mol. The minimum atomic E-state index is 0.0429. The average Bonchev–Trinajstić information content (AvgIpc) is 2.63. The number of aryl methyl sites for hydroxylation is 2. The Bertz CT molecular complexity index is 612. The van der Waals surface area contributed by atoms with Crippen molar-refractivity contribution in [3.63, 3.8) is 0 Å². The fourth-order valence-corrected chi connectivity index (χ4v) is 4.00. The van der Waals surface area contributed by atoms with Gasteiger partial charge in [0.25, 0.3) is 0 Å². The van der Waals surface area contributed by atoms with E-state index >= 15 is 0 Å². The van der Waals surface area contributed by atoms with Crippen molar-refractivity contribution in [2.75, 3.05) is 0 Å². The topological polar surface area (TPSA) is 17.1 Å². The third kappa shape index (κ3) is 2.79. The van der Waals surface area contributed by atoms with Gasteiger partial charge >= 0.3 is 0 Å². The van der Waals surface area contributed by atoms with Crippen LogP contribution in [-0.2, 0) is 0 Å². The van der Waals surface area contributed by atoms with E-state index in [1.165, 1.54) is 11.3 Å². The fraction of sp³-hybridized carbons (Fsp3) is 0.154. The lowest BCUT2D eigenvalue weighted by atomic mass is 10.1. The quantitative estimate of drug-likeness (QED) is 0.520. The lowest BCUT2D eigenvalue weighted by molar-refractivity contribution is 0.104. The molecule has 0 unspecified atom stereocenters. The molecule has 0 radical (unpaired) electrons. The van der Waals surface area contributed by atoms with Crippen LogP contribution in [-0.4, -0.2) is 5.78 Å². The number of benzene rings is 1. The molecule has 0 aliphatic carbocycles. The normalized spacial score (nSPS) is 10.7. The van der Waals surface area contributed by atoms with Gasteiger partial charge in [-0.3, -0.25) is 4.79 Å². The van der Waals surface area contributed by atoms with Crippen LogP contribution in [0.2, 0.25) is 0 Å². The molecule has 0 atom stereocenters. The number of hydrogen-bond donors (Lipinski definition) is 0. The van der Waals surface area contributed by atoms with Gasteiger partial charge in [0.15, 0.2) is 0 Å². The first kappa shape index (κ1) is 14.4. The summed E-state index contributed by atoms with van der Waals surface area (Å²) in [5.74, 6) is 0.0429. The highest BCUT2D eigenvalue weighted by molar-refractivity contribution is 9.11. The van der Waals surface area contributed by atoms with E-state index in [1.807, 2.05) is 32.0 Å². The van der Waals surface area contributed by atoms with Gasteiger partial charge in [0.2, 0.25) is 5.78 Å². The number of ketones is 1. The van der Waals surface area contributed by atoms with E-state index in [0.29, 0.717) is 5.56 Å². The molecule has 94 valence electrons. The van der Waals surface area contributed by atoms with Crippen molar-refractivity contribution < 1.29 is 4.79 Å². The predicted octanol–water partition coefficient (Wildman–Crippen LogP) is 5.88. The Morgan fingerprint density at radius 2 is 1.67 bits per heavy atom. The summed E-state index contributed by atoms with van der Waals surface area (Å²) < 4.78 is 2.78. The maximum atomic E-state index is 12.4. The highest BCUT2D eigenvalue weighted by atomic mass is 79.9. The van der Waals surface area contributed by atoms with Gasteiger partial charge in [-0.1, -0.05) is 31.9 Å². The van der Waals surface area contributed by atoms with Gasteiger partial charge in [-0.25, -0.2) is 0 Å². The molecule has 1 heterocycles. The molecule has 0 saturated carbocycles. The minimum Gasteiger partial charge on any atom is -0.288 e. The number of rotatable bonds is 2. The van der Waals surface area contributed by atoms with Crippen LogP contribution in [0.4, 0.5) is 0 Å². The van der Waals surface area contributed by atoms with Gasteiger partial charge < -0.3 is 0 Å². The number of carbonyl (C=O) groups is 1. The van der Waals surface area contributed by atoms with Crippen LogP contribution in [0.25, 0.3) is 0 Å². The second kappa shape index (κ2) is 5.57. The molecule has 2 aromatic rings. The third-order valence-corrected chi connectivity index (χ3v) is 6.22. The lowest BCUT2D eigenvalue weighted by Gasteiger charge is -2.05. The molecule has 2 rings (SSSR count). The Balaban J connectivity index is 2.49. The second-order valence-electron chi connectivity index (χ2n) is 3.98. The number of hydrogen-bond acceptors (Lipinski definition) is 2. The Labute approximate surface area is 135 Å². The smallest absolute Gasteiger partial charge is 0.204 e. The van der Waals surface area contributed by atoms with Crippen LogP contribution in [0.3, 0.4) is 0 Å². The summed E-state index contributed by atoms with van der Waals surface area (Å²) in [6, 6.07) is 5.73. The van der Waals surface area contributed by atoms with Crippen molar-refractivity contribution in [1.29, 1.82) is 0 Å². The van der Waals surface area contributed by atoms with Crippen molar-refractivity contribution in [2.45, 2.75) is 13.8 Å². The zero-order valence-electron chi connectivity index (χ0n) is 9.68. The molecule has 0 N–H and O–H groups in total. The van der Waals surface area contributed by atoms with Crippen LogP contribution in [0.1, 0.15) is 26.4 Å². The summed E-state index contributed by atoms with van der Waals surface area (Å²) in [6.07, 6.45) is 0. The number of halogens is 3. The Kier molecular flexibility index (Phi) is 4.47. The summed E-state index contributed by atoms with van der Waals surface area (Å²) in [4.78, 5) is 13.2. The first-order valence-corrected chi connectivity index (χ1v) is 8.36. The zero-order valence-corrected chi connectivity index (χ0v) is 15.3. The van der Waals surface area contributed by atoms with Crippen LogP contribution in [0.5, 0.6) is 0 Å². The van der Waals surface area contributed by atoms with Gasteiger partial charge in [-0.15, -0.1) is 11.3 Å². The SMILES string of the molecule is Cc1cc(Br)c(C(=O)c2cc(C)c(Br)s2)cc1Br. The van der Waals surface area contributed by atoms with Crippen molar-refractivity contribution in [2.24, 2.45) is 0 Å². The third-order valence-electron chi connectivity index (χ3n) is 2.57. The predicted molar refractivity (Wildman–Crippen MR) is 86.8 cm³/mol. The molecule has 0 aliphatic rings. The summed E-state index contributed by atoms with van der Waals surface area (Å²) in [5, 5.41) is 0. The van der Waals surface area contributed by atoms with E-state index in [0.717, 1.165) is 28.7 Å². The first-order valence-electron chi connectivity index (χ1n) is 5.16. The molecule has 18 heavy (non-hydrogen) atoms. The standard InChI is InChI=1S/C13H9Br3OS/c1-6-3-10(15)8(5-9(6)14)12(17)11-4-7(2)13(16)18-11/h3-5H,1-2H3. The minimum absolute atomic E-state index is 0.0429. The molecular weight excluding hydrogens is 444 g/mol. The fourth-order valence-electron chi connectivity index (χ4n) is 1.52. The molecule has 5 heteroatoms. The van der Waals surface area contributed by atoms with Gasteiger partial charge in [-0.05, 0) is 59.1 Å². The van der Waals surface area contributed by atoms with Gasteiger partial charge in [0.05, 0.1) is 8.66 Å². The van der Waals surface area contributed by atoms with Gasteiger partial charge in [0, 0.05) is 14.5 Å². The maximum Gasteiger partial charge on any atom is 0.204 e. The molecule has 0 spiro atoms. The molecular formula is C13H9Br3OS. The van der Waals surface area contributed by atoms with E-state index in [4.69, 9.17) is 0 Å². The van der Waals surface area contributed by atoms with Gasteiger partial charge in [-0.2, -0.15) is 0 Å². The number of carbonyl (C=O) groups excluding carboxylic acids is 1. The van der Waals surface area contributed by atoms with Crippen LogP contribution in [0.15, 0.2) is 30.9 Å². The van der Waals surface area contributed by atoms with E-state index < -0.39 is 0 Å². The van der Waals surface area contributed by atoms with Crippen molar-refractivity contribution in [3.05, 3.63) is 52.5 Å². The van der Waals surface area contributed by atoms with Crippen LogP contribution in [0, 0.1) is 13.8 Å². The summed E-state index contributed by atoms with van der Waals surface area (Å²) >= 11 is 11.8. The van der Waals surface area contributed by atoms with E-state index in [-0.39, 0.29) is 5.78 Å². The molecule has 1 aromatic carbocycles. The van der Waals surface area contributed by atoms with Crippen LogP contribution < -0.4 is 0 Å². The molecule has 0 aliphatic heterocycles. The monoisotopic (exact) mass is 450 g/mol. The summed E-state index contributed by atoms with van der Waals surface area (Å²) in [6.45, 7) is 3.98. The maximum absolute atomic E-state index is 12.4. The largest absolute Gasteiger partial charge is 0.288 e. The van der Waals surface area contributed by atoms with E-state index in [9.17, 15) is 4.79 Å². The number of thiophene rings is 1. The summed E-state index contributed by atoms with van der Waals surface area (Å²) in [5.41, 5.74) is 2.87. The zero-order chi connectivity index (χ0) is 13.4. The van der Waals surface area contributed by atoms with Crippen LogP contribution >= 0.6 is 59.1 Å². The van der Waals surface area contributed by atoms with Crippen molar-refractivity contribution in [1.82, 2.24) is 0 Å². The highest BCUT2D eigenvalue weighted by Gasteiger charge is 2.17. The molecule has 1 aromatic heterocycles. The molecule has 0 saturated heterocycles. The van der Waals surface area contributed by atoms with E-state index in [1.54, 1.807) is 0 Å². The molecule has 0 bridgehead atoms. The molecule has 0 amide bonds. The first-order chi connectivity index (χ1) is 8.40. The molecule has 0 fully saturated rings. The Hall–Kier alpha value is 0.0300. The van der Waals surface area contributed by atoms with Crippen molar-refractivity contribution in [3.8, 4) is 0 Å². The van der Waals surface area contributed by atoms with Gasteiger partial charge in [0.1, 0.15) is 0 Å². The summed E-state index contributed by atoms with van der Waals surface area (Å²) in [7, 11) is 0.